The number of carbonyl (C=O) groups excluding carboxylic acids is 1. The normalized spacial score (nSPS) is 25.9. The minimum Gasteiger partial charge on any atom is -0.355 e. The van der Waals surface area contributed by atoms with Crippen LogP contribution in [0.1, 0.15) is 46.5 Å². The molecule has 0 spiro atoms. The highest BCUT2D eigenvalue weighted by Crippen LogP contribution is 2.18. The van der Waals surface area contributed by atoms with Gasteiger partial charge in [-0.05, 0) is 26.2 Å². The van der Waals surface area contributed by atoms with E-state index in [1.165, 1.54) is 0 Å². The van der Waals surface area contributed by atoms with Crippen molar-refractivity contribution in [2.75, 3.05) is 6.54 Å². The molecule has 0 aromatic heterocycles. The lowest BCUT2D eigenvalue weighted by molar-refractivity contribution is -0.121. The van der Waals surface area contributed by atoms with Gasteiger partial charge in [-0.1, -0.05) is 20.3 Å². The second-order valence-electron chi connectivity index (χ2n) is 4.44. The molecular formula is C11H22N2O. The number of hydrogen-bond acceptors (Lipinski definition) is 2. The minimum absolute atomic E-state index is 0.0338. The Morgan fingerprint density at radius 2 is 2.29 bits per heavy atom. The van der Waals surface area contributed by atoms with E-state index >= 15 is 0 Å². The SMILES string of the molecule is CCCC(C)(CC)NC1CCNC1=O. The van der Waals surface area contributed by atoms with Crippen molar-refractivity contribution in [3.63, 3.8) is 0 Å². The second-order valence-corrected chi connectivity index (χ2v) is 4.44. The summed E-state index contributed by atoms with van der Waals surface area (Å²) in [5.74, 6) is 0.167. The van der Waals surface area contributed by atoms with Crippen LogP contribution >= 0.6 is 0 Å². The first-order chi connectivity index (χ1) is 6.61. The molecule has 14 heavy (non-hydrogen) atoms. The van der Waals surface area contributed by atoms with E-state index in [2.05, 4.69) is 31.4 Å². The van der Waals surface area contributed by atoms with Gasteiger partial charge in [0.1, 0.15) is 0 Å². The van der Waals surface area contributed by atoms with E-state index < -0.39 is 0 Å². The summed E-state index contributed by atoms with van der Waals surface area (Å²) in [6.07, 6.45) is 4.29. The van der Waals surface area contributed by atoms with Crippen LogP contribution in [-0.4, -0.2) is 24.0 Å². The summed E-state index contributed by atoms with van der Waals surface area (Å²) < 4.78 is 0. The van der Waals surface area contributed by atoms with Gasteiger partial charge < -0.3 is 10.6 Å². The van der Waals surface area contributed by atoms with Gasteiger partial charge in [0.05, 0.1) is 6.04 Å². The van der Waals surface area contributed by atoms with E-state index in [9.17, 15) is 4.79 Å². The molecule has 1 aliphatic rings. The zero-order valence-corrected chi connectivity index (χ0v) is 9.52. The minimum atomic E-state index is 0.0338. The molecule has 1 rings (SSSR count). The van der Waals surface area contributed by atoms with Gasteiger partial charge in [-0.2, -0.15) is 0 Å². The number of nitrogens with one attached hydrogen (secondary N) is 2. The molecule has 0 aromatic rings. The van der Waals surface area contributed by atoms with Crippen LogP contribution in [0.15, 0.2) is 0 Å². The first-order valence-corrected chi connectivity index (χ1v) is 5.66. The topological polar surface area (TPSA) is 41.1 Å². The predicted molar refractivity (Wildman–Crippen MR) is 58.2 cm³/mol. The zero-order chi connectivity index (χ0) is 10.6. The van der Waals surface area contributed by atoms with Gasteiger partial charge in [0, 0.05) is 12.1 Å². The fourth-order valence-corrected chi connectivity index (χ4v) is 2.06. The molecule has 0 aliphatic carbocycles. The first-order valence-electron chi connectivity index (χ1n) is 5.66. The summed E-state index contributed by atoms with van der Waals surface area (Å²) in [4.78, 5) is 11.4. The Morgan fingerprint density at radius 1 is 1.57 bits per heavy atom. The van der Waals surface area contributed by atoms with E-state index in [1.54, 1.807) is 0 Å². The monoisotopic (exact) mass is 198 g/mol. The van der Waals surface area contributed by atoms with Gasteiger partial charge in [-0.3, -0.25) is 4.79 Å². The zero-order valence-electron chi connectivity index (χ0n) is 9.52. The fourth-order valence-electron chi connectivity index (χ4n) is 2.06. The third-order valence-electron chi connectivity index (χ3n) is 3.15. The molecule has 1 saturated heterocycles. The van der Waals surface area contributed by atoms with Crippen LogP contribution in [0.25, 0.3) is 0 Å². The third-order valence-corrected chi connectivity index (χ3v) is 3.15. The van der Waals surface area contributed by atoms with Crippen LogP contribution in [-0.2, 0) is 4.79 Å². The van der Waals surface area contributed by atoms with Crippen LogP contribution in [0.5, 0.6) is 0 Å². The Balaban J connectivity index is 2.50. The second kappa shape index (κ2) is 4.78. The highest BCUT2D eigenvalue weighted by molar-refractivity contribution is 5.83. The molecule has 0 aromatic carbocycles. The van der Waals surface area contributed by atoms with Crippen LogP contribution in [0.2, 0.25) is 0 Å². The quantitative estimate of drug-likeness (QED) is 0.701. The van der Waals surface area contributed by atoms with Crippen molar-refractivity contribution in [2.24, 2.45) is 0 Å². The van der Waals surface area contributed by atoms with E-state index in [1.807, 2.05) is 0 Å². The molecule has 2 N–H and O–H groups in total. The van der Waals surface area contributed by atoms with Gasteiger partial charge in [-0.15, -0.1) is 0 Å². The molecule has 3 heteroatoms. The van der Waals surface area contributed by atoms with Crippen molar-refractivity contribution in [2.45, 2.75) is 58.0 Å². The molecule has 2 unspecified atom stereocenters. The number of rotatable bonds is 5. The number of hydrogen-bond donors (Lipinski definition) is 2. The molecule has 3 nitrogen and oxygen atoms in total. The molecule has 0 radical (unpaired) electrons. The molecule has 0 bridgehead atoms. The Hall–Kier alpha value is -0.570. The van der Waals surface area contributed by atoms with Crippen molar-refractivity contribution in [1.29, 1.82) is 0 Å². The lowest BCUT2D eigenvalue weighted by atomic mass is 9.92. The van der Waals surface area contributed by atoms with Crippen molar-refractivity contribution >= 4 is 5.91 Å². The molecule has 1 fully saturated rings. The molecule has 1 heterocycles. The Bertz CT molecular complexity index is 205. The summed E-state index contributed by atoms with van der Waals surface area (Å²) in [6.45, 7) is 7.39. The summed E-state index contributed by atoms with van der Waals surface area (Å²) in [7, 11) is 0. The number of carbonyl (C=O) groups is 1. The van der Waals surface area contributed by atoms with Crippen LogP contribution in [0, 0.1) is 0 Å². The molecule has 0 saturated carbocycles. The van der Waals surface area contributed by atoms with Crippen LogP contribution in [0.4, 0.5) is 0 Å². The Kier molecular flexibility index (Phi) is 3.93. The van der Waals surface area contributed by atoms with Gasteiger partial charge in [-0.25, -0.2) is 0 Å². The predicted octanol–water partition coefficient (Wildman–Crippen LogP) is 1.43. The highest BCUT2D eigenvalue weighted by Gasteiger charge is 2.30. The summed E-state index contributed by atoms with van der Waals surface area (Å²) >= 11 is 0. The van der Waals surface area contributed by atoms with Crippen molar-refractivity contribution in [1.82, 2.24) is 10.6 Å². The number of amides is 1. The lowest BCUT2D eigenvalue weighted by Crippen LogP contribution is -2.50. The van der Waals surface area contributed by atoms with Crippen LogP contribution < -0.4 is 10.6 Å². The van der Waals surface area contributed by atoms with E-state index in [-0.39, 0.29) is 17.5 Å². The molecular weight excluding hydrogens is 176 g/mol. The largest absolute Gasteiger partial charge is 0.355 e. The average Bonchev–Trinajstić information content (AvgIpc) is 2.52. The maximum absolute atomic E-state index is 11.4. The summed E-state index contributed by atoms with van der Waals surface area (Å²) in [6, 6.07) is 0.0338. The smallest absolute Gasteiger partial charge is 0.237 e. The standard InChI is InChI=1S/C11H22N2O/c1-4-7-11(3,5-2)13-9-6-8-12-10(9)14/h9,13H,4-8H2,1-3H3,(H,12,14). The molecule has 2 atom stereocenters. The molecule has 1 aliphatic heterocycles. The molecule has 1 amide bonds. The van der Waals surface area contributed by atoms with E-state index in [4.69, 9.17) is 0 Å². The van der Waals surface area contributed by atoms with Gasteiger partial charge in [0.2, 0.25) is 5.91 Å². The van der Waals surface area contributed by atoms with Gasteiger partial charge in [0.25, 0.3) is 0 Å². The Morgan fingerprint density at radius 3 is 2.71 bits per heavy atom. The summed E-state index contributed by atoms with van der Waals surface area (Å²) in [5.41, 5.74) is 0.126. The van der Waals surface area contributed by atoms with Crippen molar-refractivity contribution in [3.05, 3.63) is 0 Å². The highest BCUT2D eigenvalue weighted by atomic mass is 16.2. The fraction of sp³-hybridized carbons (Fsp3) is 0.909. The third kappa shape index (κ3) is 2.71. The van der Waals surface area contributed by atoms with Gasteiger partial charge in [0.15, 0.2) is 0 Å². The molecule has 82 valence electrons. The average molecular weight is 198 g/mol. The van der Waals surface area contributed by atoms with E-state index in [0.717, 1.165) is 32.2 Å². The Labute approximate surface area is 86.6 Å². The van der Waals surface area contributed by atoms with Crippen molar-refractivity contribution in [3.8, 4) is 0 Å². The van der Waals surface area contributed by atoms with Crippen LogP contribution in [0.3, 0.4) is 0 Å². The lowest BCUT2D eigenvalue weighted by Gasteiger charge is -2.32. The maximum Gasteiger partial charge on any atom is 0.237 e. The van der Waals surface area contributed by atoms with Crippen molar-refractivity contribution < 1.29 is 4.79 Å². The van der Waals surface area contributed by atoms with Gasteiger partial charge >= 0.3 is 0 Å². The summed E-state index contributed by atoms with van der Waals surface area (Å²) in [5, 5.41) is 6.34. The maximum atomic E-state index is 11.4. The first kappa shape index (κ1) is 11.5. The van der Waals surface area contributed by atoms with E-state index in [0.29, 0.717) is 0 Å².